The second-order valence-electron chi connectivity index (χ2n) is 3.95. The molecule has 0 fully saturated rings. The van der Waals surface area contributed by atoms with E-state index >= 15 is 0 Å². The molecule has 0 bridgehead atoms. The Labute approximate surface area is 92.7 Å². The van der Waals surface area contributed by atoms with Gasteiger partial charge in [0.25, 0.3) is 0 Å². The summed E-state index contributed by atoms with van der Waals surface area (Å²) in [5, 5.41) is 0. The highest BCUT2D eigenvalue weighted by Gasteiger charge is 2.14. The van der Waals surface area contributed by atoms with E-state index in [0.717, 1.165) is 12.8 Å². The molecule has 0 saturated carbocycles. The number of rotatable bonds is 6. The second-order valence-corrected chi connectivity index (χ2v) is 3.95. The average molecular weight is 213 g/mol. The van der Waals surface area contributed by atoms with Crippen LogP contribution in [0.3, 0.4) is 0 Å². The van der Waals surface area contributed by atoms with E-state index < -0.39 is 0 Å². The van der Waals surface area contributed by atoms with Gasteiger partial charge in [-0.2, -0.15) is 0 Å². The molecule has 3 nitrogen and oxygen atoms in total. The van der Waals surface area contributed by atoms with Crippen molar-refractivity contribution in [2.45, 2.75) is 40.5 Å². The van der Waals surface area contributed by atoms with Crippen molar-refractivity contribution in [1.29, 1.82) is 0 Å². The Morgan fingerprint density at radius 1 is 1.40 bits per heavy atom. The third kappa shape index (κ3) is 5.45. The molecule has 2 atom stereocenters. The Morgan fingerprint density at radius 2 is 2.00 bits per heavy atom. The molecule has 0 aliphatic carbocycles. The molecule has 88 valence electrons. The molecule has 0 radical (unpaired) electrons. The van der Waals surface area contributed by atoms with E-state index in [9.17, 15) is 4.79 Å². The molecule has 0 aromatic carbocycles. The SMILES string of the molecule is CCCC(C)C(C)/C(N)=C/C(=O)OCC. The summed E-state index contributed by atoms with van der Waals surface area (Å²) in [5.74, 6) is 0.389. The Morgan fingerprint density at radius 3 is 2.47 bits per heavy atom. The van der Waals surface area contributed by atoms with Crippen molar-refractivity contribution in [1.82, 2.24) is 0 Å². The van der Waals surface area contributed by atoms with Gasteiger partial charge in [0.2, 0.25) is 0 Å². The van der Waals surface area contributed by atoms with E-state index in [0.29, 0.717) is 18.2 Å². The van der Waals surface area contributed by atoms with Gasteiger partial charge >= 0.3 is 5.97 Å². The van der Waals surface area contributed by atoms with Crippen LogP contribution in [0.25, 0.3) is 0 Å². The minimum absolute atomic E-state index is 0.231. The molecule has 0 rings (SSSR count). The topological polar surface area (TPSA) is 52.3 Å². The Bertz CT molecular complexity index is 224. The molecule has 15 heavy (non-hydrogen) atoms. The number of carbonyl (C=O) groups is 1. The van der Waals surface area contributed by atoms with Crippen molar-refractivity contribution in [3.63, 3.8) is 0 Å². The molecular weight excluding hydrogens is 190 g/mol. The molecule has 0 aliphatic heterocycles. The second kappa shape index (κ2) is 7.32. The molecule has 0 saturated heterocycles. The van der Waals surface area contributed by atoms with Crippen molar-refractivity contribution >= 4 is 5.97 Å². The minimum atomic E-state index is -0.342. The number of allylic oxidation sites excluding steroid dienone is 1. The van der Waals surface area contributed by atoms with Crippen LogP contribution in [0.4, 0.5) is 0 Å². The molecule has 2 unspecified atom stereocenters. The molecule has 2 N–H and O–H groups in total. The first-order chi connectivity index (χ1) is 7.02. The van der Waals surface area contributed by atoms with Crippen LogP contribution in [0.15, 0.2) is 11.8 Å². The number of ether oxygens (including phenoxy) is 1. The maximum Gasteiger partial charge on any atom is 0.332 e. The third-order valence-electron chi connectivity index (χ3n) is 2.69. The van der Waals surface area contributed by atoms with E-state index in [1.807, 2.05) is 6.92 Å². The van der Waals surface area contributed by atoms with Crippen molar-refractivity contribution in [3.8, 4) is 0 Å². The van der Waals surface area contributed by atoms with Gasteiger partial charge < -0.3 is 10.5 Å². The summed E-state index contributed by atoms with van der Waals surface area (Å²) < 4.78 is 4.81. The van der Waals surface area contributed by atoms with Gasteiger partial charge in [0.15, 0.2) is 0 Å². The van der Waals surface area contributed by atoms with E-state index in [1.54, 1.807) is 6.92 Å². The van der Waals surface area contributed by atoms with E-state index in [2.05, 4.69) is 13.8 Å². The zero-order valence-corrected chi connectivity index (χ0v) is 10.2. The molecule has 0 aromatic rings. The van der Waals surface area contributed by atoms with Gasteiger partial charge in [0.1, 0.15) is 0 Å². The van der Waals surface area contributed by atoms with Gasteiger partial charge in [-0.3, -0.25) is 0 Å². The fourth-order valence-corrected chi connectivity index (χ4v) is 1.49. The average Bonchev–Trinajstić information content (AvgIpc) is 2.17. The van der Waals surface area contributed by atoms with Crippen LogP contribution in [0.1, 0.15) is 40.5 Å². The van der Waals surface area contributed by atoms with Gasteiger partial charge in [-0.05, 0) is 18.8 Å². The molecule has 0 amide bonds. The lowest BCUT2D eigenvalue weighted by Gasteiger charge is -2.19. The smallest absolute Gasteiger partial charge is 0.332 e. The number of nitrogens with two attached hydrogens (primary N) is 1. The fraction of sp³-hybridized carbons (Fsp3) is 0.750. The summed E-state index contributed by atoms with van der Waals surface area (Å²) >= 11 is 0. The first-order valence-electron chi connectivity index (χ1n) is 5.66. The highest BCUT2D eigenvalue weighted by molar-refractivity contribution is 5.82. The molecular formula is C12H23NO2. The number of hydrogen-bond donors (Lipinski definition) is 1. The first kappa shape index (κ1) is 14.0. The van der Waals surface area contributed by atoms with Gasteiger partial charge in [-0.1, -0.05) is 33.6 Å². The lowest BCUT2D eigenvalue weighted by molar-refractivity contribution is -0.137. The molecule has 0 spiro atoms. The summed E-state index contributed by atoms with van der Waals surface area (Å²) in [4.78, 5) is 11.2. The van der Waals surface area contributed by atoms with Crippen LogP contribution in [0, 0.1) is 11.8 Å². The van der Waals surface area contributed by atoms with Crippen LogP contribution in [0.5, 0.6) is 0 Å². The largest absolute Gasteiger partial charge is 0.463 e. The quantitative estimate of drug-likeness (QED) is 0.544. The summed E-state index contributed by atoms with van der Waals surface area (Å²) in [6.45, 7) is 8.52. The Balaban J connectivity index is 4.28. The lowest BCUT2D eigenvalue weighted by atomic mass is 9.89. The Hall–Kier alpha value is -0.990. The predicted molar refractivity (Wildman–Crippen MR) is 62.1 cm³/mol. The predicted octanol–water partition coefficient (Wildman–Crippen LogP) is 2.46. The van der Waals surface area contributed by atoms with Crippen LogP contribution in [-0.4, -0.2) is 12.6 Å². The minimum Gasteiger partial charge on any atom is -0.463 e. The first-order valence-corrected chi connectivity index (χ1v) is 5.66. The number of hydrogen-bond acceptors (Lipinski definition) is 3. The Kier molecular flexibility index (Phi) is 6.84. The number of esters is 1. The summed E-state index contributed by atoms with van der Waals surface area (Å²) in [6, 6.07) is 0. The van der Waals surface area contributed by atoms with Gasteiger partial charge in [0.05, 0.1) is 6.61 Å². The highest BCUT2D eigenvalue weighted by Crippen LogP contribution is 2.21. The maximum absolute atomic E-state index is 11.2. The number of carbonyl (C=O) groups excluding carboxylic acids is 1. The summed E-state index contributed by atoms with van der Waals surface area (Å²) in [5.41, 5.74) is 6.46. The van der Waals surface area contributed by atoms with Crippen molar-refractivity contribution < 1.29 is 9.53 Å². The summed E-state index contributed by atoms with van der Waals surface area (Å²) in [7, 11) is 0. The van der Waals surface area contributed by atoms with Crippen LogP contribution >= 0.6 is 0 Å². The van der Waals surface area contributed by atoms with Gasteiger partial charge in [0, 0.05) is 11.8 Å². The summed E-state index contributed by atoms with van der Waals surface area (Å²) in [6.07, 6.45) is 3.66. The molecule has 0 heterocycles. The van der Waals surface area contributed by atoms with Crippen molar-refractivity contribution in [2.75, 3.05) is 6.61 Å². The monoisotopic (exact) mass is 213 g/mol. The molecule has 3 heteroatoms. The highest BCUT2D eigenvalue weighted by atomic mass is 16.5. The standard InChI is InChI=1S/C12H23NO2/c1-5-7-9(3)10(4)11(13)8-12(14)15-6-2/h8-10H,5-7,13H2,1-4H3/b11-8-. The normalized spacial score (nSPS) is 15.9. The van der Waals surface area contributed by atoms with Crippen LogP contribution in [-0.2, 0) is 9.53 Å². The fourth-order valence-electron chi connectivity index (χ4n) is 1.49. The van der Waals surface area contributed by atoms with Gasteiger partial charge in [-0.25, -0.2) is 4.79 Å². The van der Waals surface area contributed by atoms with E-state index in [4.69, 9.17) is 10.5 Å². The van der Waals surface area contributed by atoms with Crippen molar-refractivity contribution in [3.05, 3.63) is 11.8 Å². The van der Waals surface area contributed by atoms with Crippen LogP contribution in [0.2, 0.25) is 0 Å². The lowest BCUT2D eigenvalue weighted by Crippen LogP contribution is -2.18. The van der Waals surface area contributed by atoms with Gasteiger partial charge in [-0.15, -0.1) is 0 Å². The molecule has 0 aliphatic rings. The van der Waals surface area contributed by atoms with E-state index in [-0.39, 0.29) is 11.9 Å². The van der Waals surface area contributed by atoms with Crippen molar-refractivity contribution in [2.24, 2.45) is 17.6 Å². The zero-order valence-electron chi connectivity index (χ0n) is 10.2. The van der Waals surface area contributed by atoms with Crippen LogP contribution < -0.4 is 5.73 Å². The zero-order chi connectivity index (χ0) is 11.8. The third-order valence-corrected chi connectivity index (χ3v) is 2.69. The van der Waals surface area contributed by atoms with E-state index in [1.165, 1.54) is 6.08 Å². The maximum atomic E-state index is 11.2. The molecule has 0 aromatic heterocycles.